The summed E-state index contributed by atoms with van der Waals surface area (Å²) >= 11 is 0. The van der Waals surface area contributed by atoms with Crippen molar-refractivity contribution in [1.29, 1.82) is 0 Å². The summed E-state index contributed by atoms with van der Waals surface area (Å²) in [6, 6.07) is 2.66. The van der Waals surface area contributed by atoms with Crippen LogP contribution in [-0.4, -0.2) is 21.0 Å². The number of halogens is 1. The standard InChI is InChI=1S/C13H15FN2O2/c1-13(2,3)18-12(17)7-10-8-16-5-4-9(14)6-11(16)15-10/h4-6,8H,7H2,1-3H3. The molecule has 0 amide bonds. The van der Waals surface area contributed by atoms with Gasteiger partial charge in [0.2, 0.25) is 0 Å². The molecule has 5 heteroatoms. The Morgan fingerprint density at radius 1 is 1.50 bits per heavy atom. The third-order valence-electron chi connectivity index (χ3n) is 2.22. The van der Waals surface area contributed by atoms with E-state index in [-0.39, 0.29) is 18.2 Å². The molecule has 96 valence electrons. The van der Waals surface area contributed by atoms with Crippen LogP contribution in [0.15, 0.2) is 24.5 Å². The van der Waals surface area contributed by atoms with Crippen molar-refractivity contribution in [3.05, 3.63) is 36.0 Å². The predicted octanol–water partition coefficient (Wildman–Crippen LogP) is 2.36. The van der Waals surface area contributed by atoms with E-state index in [0.29, 0.717) is 11.3 Å². The van der Waals surface area contributed by atoms with E-state index in [4.69, 9.17) is 4.74 Å². The van der Waals surface area contributed by atoms with Gasteiger partial charge in [0.05, 0.1) is 12.1 Å². The number of esters is 1. The minimum atomic E-state index is -0.512. The number of aromatic nitrogens is 2. The molecular formula is C13H15FN2O2. The average Bonchev–Trinajstić information content (AvgIpc) is 2.55. The average molecular weight is 250 g/mol. The summed E-state index contributed by atoms with van der Waals surface area (Å²) in [5, 5.41) is 0. The first-order valence-electron chi connectivity index (χ1n) is 5.68. The maximum Gasteiger partial charge on any atom is 0.312 e. The first-order chi connectivity index (χ1) is 8.33. The fourth-order valence-corrected chi connectivity index (χ4v) is 1.62. The zero-order valence-electron chi connectivity index (χ0n) is 10.6. The smallest absolute Gasteiger partial charge is 0.312 e. The third kappa shape index (κ3) is 3.06. The van der Waals surface area contributed by atoms with Crippen LogP contribution in [0.4, 0.5) is 4.39 Å². The van der Waals surface area contributed by atoms with Crippen LogP contribution in [0.5, 0.6) is 0 Å². The van der Waals surface area contributed by atoms with E-state index in [0.717, 1.165) is 0 Å². The Bertz CT molecular complexity index is 584. The highest BCUT2D eigenvalue weighted by Crippen LogP contribution is 2.11. The number of hydrogen-bond donors (Lipinski definition) is 0. The maximum atomic E-state index is 13.0. The molecule has 18 heavy (non-hydrogen) atoms. The van der Waals surface area contributed by atoms with Crippen molar-refractivity contribution in [1.82, 2.24) is 9.38 Å². The first kappa shape index (κ1) is 12.5. The summed E-state index contributed by atoms with van der Waals surface area (Å²) in [5.41, 5.74) is 0.533. The van der Waals surface area contributed by atoms with Crippen LogP contribution in [-0.2, 0) is 16.0 Å². The highest BCUT2D eigenvalue weighted by atomic mass is 19.1. The van der Waals surface area contributed by atoms with Crippen LogP contribution in [0.1, 0.15) is 26.5 Å². The quantitative estimate of drug-likeness (QED) is 0.768. The van der Waals surface area contributed by atoms with Gasteiger partial charge in [-0.05, 0) is 26.8 Å². The molecule has 0 atom stereocenters. The molecule has 0 N–H and O–H groups in total. The van der Waals surface area contributed by atoms with Crippen LogP contribution >= 0.6 is 0 Å². The van der Waals surface area contributed by atoms with Crippen molar-refractivity contribution < 1.29 is 13.9 Å². The summed E-state index contributed by atoms with van der Waals surface area (Å²) in [7, 11) is 0. The van der Waals surface area contributed by atoms with E-state index in [1.807, 2.05) is 20.8 Å². The summed E-state index contributed by atoms with van der Waals surface area (Å²) in [4.78, 5) is 15.8. The second-order valence-electron chi connectivity index (χ2n) is 5.11. The lowest BCUT2D eigenvalue weighted by Gasteiger charge is -2.18. The maximum absolute atomic E-state index is 13.0. The Balaban J connectivity index is 2.15. The minimum absolute atomic E-state index is 0.0839. The fraction of sp³-hybridized carbons (Fsp3) is 0.385. The summed E-state index contributed by atoms with van der Waals surface area (Å²) in [6.07, 6.45) is 3.34. The Morgan fingerprint density at radius 3 is 2.89 bits per heavy atom. The second kappa shape index (κ2) is 4.40. The summed E-state index contributed by atoms with van der Waals surface area (Å²) < 4.78 is 19.9. The molecule has 2 heterocycles. The van der Waals surface area contributed by atoms with E-state index in [2.05, 4.69) is 4.98 Å². The van der Waals surface area contributed by atoms with Gasteiger partial charge in [0.25, 0.3) is 0 Å². The normalized spacial score (nSPS) is 11.8. The van der Waals surface area contributed by atoms with Gasteiger partial charge in [0.15, 0.2) is 0 Å². The lowest BCUT2D eigenvalue weighted by atomic mass is 10.2. The van der Waals surface area contributed by atoms with E-state index >= 15 is 0 Å². The van der Waals surface area contributed by atoms with Crippen LogP contribution in [0.2, 0.25) is 0 Å². The van der Waals surface area contributed by atoms with Crippen molar-refractivity contribution in [3.63, 3.8) is 0 Å². The molecule has 2 rings (SSSR count). The number of carbonyl (C=O) groups excluding carboxylic acids is 1. The van der Waals surface area contributed by atoms with Gasteiger partial charge in [-0.25, -0.2) is 9.37 Å². The van der Waals surface area contributed by atoms with Crippen LogP contribution < -0.4 is 0 Å². The van der Waals surface area contributed by atoms with Gasteiger partial charge in [-0.3, -0.25) is 4.79 Å². The first-order valence-corrected chi connectivity index (χ1v) is 5.68. The van der Waals surface area contributed by atoms with Gasteiger partial charge < -0.3 is 9.14 Å². The zero-order chi connectivity index (χ0) is 13.3. The number of nitrogens with zero attached hydrogens (tertiary/aromatic N) is 2. The molecule has 0 fully saturated rings. The van der Waals surface area contributed by atoms with Crippen molar-refractivity contribution >= 4 is 11.6 Å². The molecule has 0 unspecified atom stereocenters. The largest absolute Gasteiger partial charge is 0.460 e. The Kier molecular flexibility index (Phi) is 3.07. The lowest BCUT2D eigenvalue weighted by molar-refractivity contribution is -0.153. The summed E-state index contributed by atoms with van der Waals surface area (Å²) in [6.45, 7) is 5.43. The molecule has 2 aromatic heterocycles. The number of pyridine rings is 1. The number of rotatable bonds is 2. The molecule has 0 bridgehead atoms. The number of imidazole rings is 1. The topological polar surface area (TPSA) is 43.6 Å². The molecule has 2 aromatic rings. The van der Waals surface area contributed by atoms with Crippen molar-refractivity contribution in [2.75, 3.05) is 0 Å². The predicted molar refractivity (Wildman–Crippen MR) is 64.7 cm³/mol. The van der Waals surface area contributed by atoms with Crippen molar-refractivity contribution in [2.45, 2.75) is 32.8 Å². The molecule has 0 spiro atoms. The van der Waals surface area contributed by atoms with Gasteiger partial charge in [-0.2, -0.15) is 0 Å². The van der Waals surface area contributed by atoms with Gasteiger partial charge >= 0.3 is 5.97 Å². The summed E-state index contributed by atoms with van der Waals surface area (Å²) in [5.74, 6) is -0.691. The molecular weight excluding hydrogens is 235 g/mol. The Hall–Kier alpha value is -1.91. The Labute approximate surface area is 104 Å². The van der Waals surface area contributed by atoms with Crippen LogP contribution in [0.25, 0.3) is 5.65 Å². The number of fused-ring (bicyclic) bond motifs is 1. The van der Waals surface area contributed by atoms with Gasteiger partial charge in [-0.1, -0.05) is 0 Å². The highest BCUT2D eigenvalue weighted by Gasteiger charge is 2.17. The van der Waals surface area contributed by atoms with Crippen molar-refractivity contribution in [2.24, 2.45) is 0 Å². The monoisotopic (exact) mass is 250 g/mol. The van der Waals surface area contributed by atoms with E-state index in [1.54, 1.807) is 16.8 Å². The number of hydrogen-bond acceptors (Lipinski definition) is 3. The molecule has 0 saturated carbocycles. The zero-order valence-corrected chi connectivity index (χ0v) is 10.6. The molecule has 0 aromatic carbocycles. The van der Waals surface area contributed by atoms with Gasteiger partial charge in [0, 0.05) is 18.5 Å². The molecule has 0 aliphatic carbocycles. The molecule has 4 nitrogen and oxygen atoms in total. The van der Waals surface area contributed by atoms with Gasteiger partial charge in [-0.15, -0.1) is 0 Å². The lowest BCUT2D eigenvalue weighted by Crippen LogP contribution is -2.24. The highest BCUT2D eigenvalue weighted by molar-refractivity contribution is 5.72. The number of carbonyl (C=O) groups is 1. The van der Waals surface area contributed by atoms with Crippen LogP contribution in [0.3, 0.4) is 0 Å². The SMILES string of the molecule is CC(C)(C)OC(=O)Cc1cn2ccc(F)cc2n1. The van der Waals surface area contributed by atoms with Crippen LogP contribution in [0, 0.1) is 5.82 Å². The fourth-order valence-electron chi connectivity index (χ4n) is 1.62. The second-order valence-corrected chi connectivity index (χ2v) is 5.11. The number of ether oxygens (including phenoxy) is 1. The molecule has 0 saturated heterocycles. The molecule has 0 aliphatic heterocycles. The molecule has 0 radical (unpaired) electrons. The van der Waals surface area contributed by atoms with E-state index in [9.17, 15) is 9.18 Å². The third-order valence-corrected chi connectivity index (χ3v) is 2.22. The van der Waals surface area contributed by atoms with Crippen molar-refractivity contribution in [3.8, 4) is 0 Å². The van der Waals surface area contributed by atoms with Gasteiger partial charge in [0.1, 0.15) is 17.1 Å². The Morgan fingerprint density at radius 2 is 2.22 bits per heavy atom. The van der Waals surface area contributed by atoms with E-state index in [1.165, 1.54) is 12.1 Å². The minimum Gasteiger partial charge on any atom is -0.460 e. The van der Waals surface area contributed by atoms with E-state index < -0.39 is 5.60 Å². The molecule has 0 aliphatic rings.